The van der Waals surface area contributed by atoms with Crippen molar-refractivity contribution in [2.24, 2.45) is 5.92 Å². The van der Waals surface area contributed by atoms with Gasteiger partial charge in [-0.1, -0.05) is 117 Å². The minimum Gasteiger partial charge on any atom is -0.481 e. The highest BCUT2D eigenvalue weighted by atomic mass is 16.5. The smallest absolute Gasteiger partial charge is 0.307 e. The summed E-state index contributed by atoms with van der Waals surface area (Å²) in [6.07, 6.45) is 22.1. The second-order valence-corrected chi connectivity index (χ2v) is 11.6. The highest BCUT2D eigenvalue weighted by Gasteiger charge is 2.24. The van der Waals surface area contributed by atoms with Crippen LogP contribution in [0, 0.1) is 5.92 Å². The van der Waals surface area contributed by atoms with Crippen molar-refractivity contribution >= 4 is 11.9 Å². The first-order valence-corrected chi connectivity index (χ1v) is 14.4. The molecular weight excluding hydrogens is 426 g/mol. The molecule has 0 fully saturated rings. The van der Waals surface area contributed by atoms with Gasteiger partial charge in [-0.05, 0) is 12.3 Å². The number of carboxylic acids is 1. The first-order chi connectivity index (χ1) is 16.1. The number of hydrogen-bond donors (Lipinski definition) is 1. The van der Waals surface area contributed by atoms with E-state index in [1.54, 1.807) is 0 Å². The predicted molar refractivity (Wildman–Crippen MR) is 143 cm³/mol. The van der Waals surface area contributed by atoms with Gasteiger partial charge in [0.15, 0.2) is 6.10 Å². The van der Waals surface area contributed by atoms with Crippen LogP contribution in [0.15, 0.2) is 0 Å². The summed E-state index contributed by atoms with van der Waals surface area (Å²) in [5.74, 6) is -0.419. The van der Waals surface area contributed by atoms with Gasteiger partial charge in [0.05, 0.1) is 27.6 Å². The molecule has 0 heterocycles. The van der Waals surface area contributed by atoms with Crippen LogP contribution >= 0.6 is 0 Å². The van der Waals surface area contributed by atoms with E-state index in [1.807, 2.05) is 21.1 Å². The summed E-state index contributed by atoms with van der Waals surface area (Å²) in [6.45, 7) is 5.14. The van der Waals surface area contributed by atoms with Crippen LogP contribution in [0.4, 0.5) is 0 Å². The minimum atomic E-state index is -0.923. The van der Waals surface area contributed by atoms with E-state index in [9.17, 15) is 9.59 Å². The molecule has 0 saturated carbocycles. The SMILES string of the molecule is CCCCCCCCCCCCCCC(C)CCCCCC(=O)OC(CC(=O)O)C[N+](C)(C)C. The van der Waals surface area contributed by atoms with Gasteiger partial charge in [-0.2, -0.15) is 0 Å². The molecule has 2 unspecified atom stereocenters. The van der Waals surface area contributed by atoms with Crippen LogP contribution < -0.4 is 0 Å². The van der Waals surface area contributed by atoms with Gasteiger partial charge >= 0.3 is 11.9 Å². The van der Waals surface area contributed by atoms with E-state index in [1.165, 1.54) is 89.9 Å². The number of nitrogens with zero attached hydrogens (tertiary/aromatic N) is 1. The van der Waals surface area contributed by atoms with Gasteiger partial charge in [0, 0.05) is 6.42 Å². The molecule has 0 aliphatic heterocycles. The van der Waals surface area contributed by atoms with Gasteiger partial charge in [0.1, 0.15) is 6.54 Å². The molecule has 0 bridgehead atoms. The van der Waals surface area contributed by atoms with E-state index < -0.39 is 12.1 Å². The quantitative estimate of drug-likeness (QED) is 0.0863. The van der Waals surface area contributed by atoms with Crippen molar-refractivity contribution in [1.29, 1.82) is 0 Å². The Morgan fingerprint density at radius 3 is 1.62 bits per heavy atom. The van der Waals surface area contributed by atoms with Crippen molar-refractivity contribution in [1.82, 2.24) is 0 Å². The molecule has 0 aliphatic rings. The molecule has 0 spiro atoms. The number of carboxylic acid groups (broad SMARTS) is 1. The number of esters is 1. The molecule has 0 aromatic heterocycles. The summed E-state index contributed by atoms with van der Waals surface area (Å²) in [7, 11) is 5.92. The van der Waals surface area contributed by atoms with Gasteiger partial charge in [-0.25, -0.2) is 0 Å². The van der Waals surface area contributed by atoms with Crippen LogP contribution in [0.3, 0.4) is 0 Å². The maximum Gasteiger partial charge on any atom is 0.307 e. The molecule has 1 N–H and O–H groups in total. The lowest BCUT2D eigenvalue weighted by Gasteiger charge is -2.28. The fourth-order valence-corrected chi connectivity index (χ4v) is 4.61. The average Bonchev–Trinajstić information content (AvgIpc) is 2.72. The number of carbonyl (C=O) groups is 2. The van der Waals surface area contributed by atoms with Crippen molar-refractivity contribution in [3.63, 3.8) is 0 Å². The number of carbonyl (C=O) groups excluding carboxylic acids is 1. The monoisotopic (exact) mass is 484 g/mol. The highest BCUT2D eigenvalue weighted by molar-refractivity contribution is 5.71. The largest absolute Gasteiger partial charge is 0.481 e. The number of quaternary nitrogens is 1. The molecule has 202 valence electrons. The van der Waals surface area contributed by atoms with Gasteiger partial charge in [0.2, 0.25) is 0 Å². The number of unbranched alkanes of at least 4 members (excludes halogenated alkanes) is 13. The van der Waals surface area contributed by atoms with Crippen LogP contribution in [0.1, 0.15) is 136 Å². The molecule has 0 aliphatic carbocycles. The third kappa shape index (κ3) is 24.0. The summed E-state index contributed by atoms with van der Waals surface area (Å²) in [5.41, 5.74) is 0. The van der Waals surface area contributed by atoms with E-state index in [4.69, 9.17) is 9.84 Å². The standard InChI is InChI=1S/C29H57NO4/c1-6-7-8-9-10-11-12-13-14-15-16-18-21-26(2)22-19-17-20-23-29(33)34-27(24-28(31)32)25-30(3,4)5/h26-27H,6-25H2,1-5H3/p+1. The second kappa shape index (κ2) is 21.2. The summed E-state index contributed by atoms with van der Waals surface area (Å²) in [5, 5.41) is 9.06. The third-order valence-electron chi connectivity index (χ3n) is 6.58. The zero-order valence-corrected chi connectivity index (χ0v) is 23.4. The maximum absolute atomic E-state index is 12.1. The van der Waals surface area contributed by atoms with Crippen molar-refractivity contribution in [2.75, 3.05) is 27.7 Å². The van der Waals surface area contributed by atoms with Gasteiger partial charge in [-0.3, -0.25) is 9.59 Å². The molecule has 5 heteroatoms. The molecule has 0 radical (unpaired) electrons. The molecule has 0 aromatic rings. The summed E-state index contributed by atoms with van der Waals surface area (Å²) in [4.78, 5) is 23.2. The molecule has 0 saturated heterocycles. The van der Waals surface area contributed by atoms with E-state index in [0.29, 0.717) is 17.4 Å². The number of rotatable bonds is 24. The molecule has 0 aromatic carbocycles. The van der Waals surface area contributed by atoms with Crippen molar-refractivity contribution in [3.05, 3.63) is 0 Å². The average molecular weight is 485 g/mol. The number of likely N-dealkylation sites (N-methyl/N-ethyl adjacent to an activating group) is 1. The highest BCUT2D eigenvalue weighted by Crippen LogP contribution is 2.19. The number of hydrogen-bond acceptors (Lipinski definition) is 3. The lowest BCUT2D eigenvalue weighted by Crippen LogP contribution is -2.43. The fourth-order valence-electron chi connectivity index (χ4n) is 4.61. The lowest BCUT2D eigenvalue weighted by atomic mass is 9.96. The Bertz CT molecular complexity index is 501. The Balaban J connectivity index is 3.63. The Morgan fingerprint density at radius 2 is 1.18 bits per heavy atom. The van der Waals surface area contributed by atoms with E-state index in [-0.39, 0.29) is 12.4 Å². The lowest BCUT2D eigenvalue weighted by molar-refractivity contribution is -0.873. The van der Waals surface area contributed by atoms with Crippen molar-refractivity contribution < 1.29 is 23.9 Å². The van der Waals surface area contributed by atoms with Crippen LogP contribution in [-0.4, -0.2) is 55.3 Å². The van der Waals surface area contributed by atoms with E-state index in [0.717, 1.165) is 25.2 Å². The molecule has 5 nitrogen and oxygen atoms in total. The summed E-state index contributed by atoms with van der Waals surface area (Å²) < 4.78 is 6.03. The molecule has 2 atom stereocenters. The van der Waals surface area contributed by atoms with Crippen LogP contribution in [0.25, 0.3) is 0 Å². The van der Waals surface area contributed by atoms with Gasteiger partial charge < -0.3 is 14.3 Å². The minimum absolute atomic E-state index is 0.127. The van der Waals surface area contributed by atoms with Crippen LogP contribution in [0.2, 0.25) is 0 Å². The molecule has 0 amide bonds. The van der Waals surface area contributed by atoms with E-state index in [2.05, 4.69) is 13.8 Å². The Hall–Kier alpha value is -1.10. The Labute approximate surface area is 211 Å². The van der Waals surface area contributed by atoms with Gasteiger partial charge in [0.25, 0.3) is 0 Å². The summed E-state index contributed by atoms with van der Waals surface area (Å²) in [6, 6.07) is 0. The van der Waals surface area contributed by atoms with Crippen molar-refractivity contribution in [2.45, 2.75) is 142 Å². The number of ether oxygens (including phenoxy) is 1. The van der Waals surface area contributed by atoms with E-state index >= 15 is 0 Å². The van der Waals surface area contributed by atoms with Gasteiger partial charge in [-0.15, -0.1) is 0 Å². The second-order valence-electron chi connectivity index (χ2n) is 11.6. The third-order valence-corrected chi connectivity index (χ3v) is 6.58. The molecular formula is C29H58NO4+. The fraction of sp³-hybridized carbons (Fsp3) is 0.931. The first-order valence-electron chi connectivity index (χ1n) is 14.4. The van der Waals surface area contributed by atoms with Crippen LogP contribution in [-0.2, 0) is 14.3 Å². The maximum atomic E-state index is 12.1. The molecule has 0 rings (SSSR count). The predicted octanol–water partition coefficient (Wildman–Crippen LogP) is 7.76. The molecule has 34 heavy (non-hydrogen) atoms. The van der Waals surface area contributed by atoms with Crippen molar-refractivity contribution in [3.8, 4) is 0 Å². The Morgan fingerprint density at radius 1 is 0.735 bits per heavy atom. The van der Waals surface area contributed by atoms with Crippen LogP contribution in [0.5, 0.6) is 0 Å². The first kappa shape index (κ1) is 32.9. The number of aliphatic carboxylic acids is 1. The Kier molecular flexibility index (Phi) is 20.5. The topological polar surface area (TPSA) is 63.6 Å². The summed E-state index contributed by atoms with van der Waals surface area (Å²) >= 11 is 0. The zero-order valence-electron chi connectivity index (χ0n) is 23.4. The zero-order chi connectivity index (χ0) is 25.7. The normalized spacial score (nSPS) is 13.6.